The summed E-state index contributed by atoms with van der Waals surface area (Å²) in [5, 5.41) is 10.9. The summed E-state index contributed by atoms with van der Waals surface area (Å²) >= 11 is 0. The molecule has 0 N–H and O–H groups in total. The van der Waals surface area contributed by atoms with Crippen LogP contribution in [0.25, 0.3) is 0 Å². The molecular weight excluding hydrogens is 224 g/mol. The van der Waals surface area contributed by atoms with Crippen LogP contribution in [0.2, 0.25) is 0 Å². The molecule has 1 aliphatic heterocycles. The van der Waals surface area contributed by atoms with Crippen LogP contribution in [0.3, 0.4) is 0 Å². The summed E-state index contributed by atoms with van der Waals surface area (Å²) in [5.74, 6) is -1.68. The lowest BCUT2D eigenvalue weighted by molar-refractivity contribution is -0.311. The maximum absolute atomic E-state index is 11.4. The average molecular weight is 241 g/mol. The molecule has 0 aliphatic carbocycles. The van der Waals surface area contributed by atoms with E-state index < -0.39 is 12.0 Å². The van der Waals surface area contributed by atoms with Crippen molar-refractivity contribution in [3.8, 4) is 0 Å². The monoisotopic (exact) mass is 241 g/mol. The van der Waals surface area contributed by atoms with Crippen LogP contribution in [-0.2, 0) is 14.4 Å². The first-order valence-electron chi connectivity index (χ1n) is 5.73. The van der Waals surface area contributed by atoms with Gasteiger partial charge in [-0.2, -0.15) is 0 Å². The standard InChI is InChI=1S/C11H18N2O4/c1-3-9(11(16)17)13(8(2)14)7-12-6-4-5-10(12)15/h9H,3-7H2,1-2H3,(H,16,17)/p-1/t9-/m1/s1. The van der Waals surface area contributed by atoms with E-state index in [2.05, 4.69) is 0 Å². The molecule has 0 saturated carbocycles. The smallest absolute Gasteiger partial charge is 0.224 e. The van der Waals surface area contributed by atoms with E-state index in [0.717, 1.165) is 6.42 Å². The Kier molecular flexibility index (Phi) is 4.48. The summed E-state index contributed by atoms with van der Waals surface area (Å²) < 4.78 is 0. The SMILES string of the molecule is CC[C@H](C(=O)[O-])N(CN1CCCC1=O)C(C)=O. The number of rotatable bonds is 5. The van der Waals surface area contributed by atoms with Gasteiger partial charge >= 0.3 is 0 Å². The number of hydrogen-bond donors (Lipinski definition) is 0. The fourth-order valence-electron chi connectivity index (χ4n) is 1.97. The number of amides is 2. The molecule has 0 spiro atoms. The lowest BCUT2D eigenvalue weighted by Crippen LogP contribution is -2.53. The first-order chi connectivity index (χ1) is 7.97. The normalized spacial score (nSPS) is 17.1. The number of carbonyl (C=O) groups is 3. The Balaban J connectivity index is 2.75. The van der Waals surface area contributed by atoms with Gasteiger partial charge < -0.3 is 19.7 Å². The molecular formula is C11H17N2O4-. The summed E-state index contributed by atoms with van der Waals surface area (Å²) in [7, 11) is 0. The van der Waals surface area contributed by atoms with Crippen molar-refractivity contribution >= 4 is 17.8 Å². The van der Waals surface area contributed by atoms with E-state index in [4.69, 9.17) is 0 Å². The lowest BCUT2D eigenvalue weighted by Gasteiger charge is -2.34. The van der Waals surface area contributed by atoms with Crippen molar-refractivity contribution in [1.82, 2.24) is 9.80 Å². The molecule has 1 rings (SSSR count). The Morgan fingerprint density at radius 3 is 2.53 bits per heavy atom. The maximum atomic E-state index is 11.4. The van der Waals surface area contributed by atoms with Gasteiger partial charge in [0.05, 0.1) is 18.7 Å². The number of aliphatic carboxylic acids is 1. The van der Waals surface area contributed by atoms with Crippen molar-refractivity contribution in [2.45, 2.75) is 39.2 Å². The highest BCUT2D eigenvalue weighted by Gasteiger charge is 2.27. The van der Waals surface area contributed by atoms with Crippen LogP contribution in [0.1, 0.15) is 33.1 Å². The topological polar surface area (TPSA) is 80.8 Å². The molecule has 17 heavy (non-hydrogen) atoms. The number of nitrogens with zero attached hydrogens (tertiary/aromatic N) is 2. The second-order valence-electron chi connectivity index (χ2n) is 4.13. The van der Waals surface area contributed by atoms with Gasteiger partial charge in [0.25, 0.3) is 0 Å². The Hall–Kier alpha value is -1.59. The van der Waals surface area contributed by atoms with Crippen molar-refractivity contribution in [1.29, 1.82) is 0 Å². The molecule has 1 fully saturated rings. The van der Waals surface area contributed by atoms with E-state index in [0.29, 0.717) is 13.0 Å². The third-order valence-corrected chi connectivity index (χ3v) is 2.93. The van der Waals surface area contributed by atoms with E-state index in [1.54, 1.807) is 6.92 Å². The van der Waals surface area contributed by atoms with Gasteiger partial charge in [-0.15, -0.1) is 0 Å². The molecule has 96 valence electrons. The summed E-state index contributed by atoms with van der Waals surface area (Å²) in [5.41, 5.74) is 0. The van der Waals surface area contributed by atoms with E-state index in [1.165, 1.54) is 16.7 Å². The third-order valence-electron chi connectivity index (χ3n) is 2.93. The molecule has 1 heterocycles. The van der Waals surface area contributed by atoms with Gasteiger partial charge in [0.1, 0.15) is 0 Å². The first kappa shape index (κ1) is 13.5. The largest absolute Gasteiger partial charge is 0.548 e. The molecule has 0 radical (unpaired) electrons. The number of hydrogen-bond acceptors (Lipinski definition) is 4. The molecule has 0 aromatic carbocycles. The Bertz CT molecular complexity index is 329. The molecule has 2 amide bonds. The highest BCUT2D eigenvalue weighted by molar-refractivity contribution is 5.82. The van der Waals surface area contributed by atoms with Gasteiger partial charge in [-0.3, -0.25) is 9.59 Å². The van der Waals surface area contributed by atoms with Gasteiger partial charge in [0.15, 0.2) is 0 Å². The van der Waals surface area contributed by atoms with Crippen molar-refractivity contribution in [2.24, 2.45) is 0 Å². The number of likely N-dealkylation sites (tertiary alicyclic amines) is 1. The molecule has 1 atom stereocenters. The minimum absolute atomic E-state index is 0.0375. The molecule has 0 bridgehead atoms. The number of carboxylic acid groups (broad SMARTS) is 1. The molecule has 0 aromatic heterocycles. The van der Waals surface area contributed by atoms with E-state index >= 15 is 0 Å². The quantitative estimate of drug-likeness (QED) is 0.614. The van der Waals surface area contributed by atoms with Crippen molar-refractivity contribution in [3.63, 3.8) is 0 Å². The van der Waals surface area contributed by atoms with Crippen LogP contribution < -0.4 is 5.11 Å². The second-order valence-corrected chi connectivity index (χ2v) is 4.13. The van der Waals surface area contributed by atoms with Crippen molar-refractivity contribution in [3.05, 3.63) is 0 Å². The molecule has 1 aliphatic rings. The third kappa shape index (κ3) is 3.18. The zero-order valence-corrected chi connectivity index (χ0v) is 10.1. The van der Waals surface area contributed by atoms with Gasteiger partial charge in [-0.05, 0) is 12.8 Å². The summed E-state index contributed by atoms with van der Waals surface area (Å²) in [6.07, 6.45) is 1.49. The summed E-state index contributed by atoms with van der Waals surface area (Å²) in [6.45, 7) is 3.58. The van der Waals surface area contributed by atoms with Gasteiger partial charge in [0, 0.05) is 19.9 Å². The van der Waals surface area contributed by atoms with Crippen molar-refractivity contribution < 1.29 is 19.5 Å². The highest BCUT2D eigenvalue weighted by atomic mass is 16.4. The van der Waals surface area contributed by atoms with Gasteiger partial charge in [-0.1, -0.05) is 6.92 Å². The average Bonchev–Trinajstić information content (AvgIpc) is 2.63. The highest BCUT2D eigenvalue weighted by Crippen LogP contribution is 2.13. The van der Waals surface area contributed by atoms with Crippen LogP contribution in [0.4, 0.5) is 0 Å². The molecule has 6 nitrogen and oxygen atoms in total. The Morgan fingerprint density at radius 2 is 2.18 bits per heavy atom. The van der Waals surface area contributed by atoms with Crippen molar-refractivity contribution in [2.75, 3.05) is 13.2 Å². The Morgan fingerprint density at radius 1 is 1.53 bits per heavy atom. The zero-order chi connectivity index (χ0) is 13.0. The fourth-order valence-corrected chi connectivity index (χ4v) is 1.97. The number of carbonyl (C=O) groups excluding carboxylic acids is 3. The molecule has 6 heteroatoms. The predicted octanol–water partition coefficient (Wildman–Crippen LogP) is -1.06. The fraction of sp³-hybridized carbons (Fsp3) is 0.727. The van der Waals surface area contributed by atoms with Crippen LogP contribution >= 0.6 is 0 Å². The minimum Gasteiger partial charge on any atom is -0.548 e. The maximum Gasteiger partial charge on any atom is 0.224 e. The van der Waals surface area contributed by atoms with Crippen LogP contribution in [0.5, 0.6) is 0 Å². The molecule has 1 saturated heterocycles. The molecule has 0 unspecified atom stereocenters. The first-order valence-corrected chi connectivity index (χ1v) is 5.73. The number of carboxylic acids is 1. The van der Waals surface area contributed by atoms with E-state index in [9.17, 15) is 19.5 Å². The van der Waals surface area contributed by atoms with E-state index in [1.807, 2.05) is 0 Å². The lowest BCUT2D eigenvalue weighted by atomic mass is 10.2. The van der Waals surface area contributed by atoms with E-state index in [-0.39, 0.29) is 24.9 Å². The minimum atomic E-state index is -1.28. The zero-order valence-electron chi connectivity index (χ0n) is 10.1. The second kappa shape index (κ2) is 5.65. The predicted molar refractivity (Wildman–Crippen MR) is 57.4 cm³/mol. The van der Waals surface area contributed by atoms with Gasteiger partial charge in [-0.25, -0.2) is 0 Å². The van der Waals surface area contributed by atoms with Gasteiger partial charge in [0.2, 0.25) is 11.8 Å². The Labute approximate surface area is 100 Å². The summed E-state index contributed by atoms with van der Waals surface area (Å²) in [6, 6.07) is -0.971. The van der Waals surface area contributed by atoms with Crippen LogP contribution in [-0.4, -0.2) is 46.8 Å². The van der Waals surface area contributed by atoms with Crippen LogP contribution in [0.15, 0.2) is 0 Å². The van der Waals surface area contributed by atoms with Crippen LogP contribution in [0, 0.1) is 0 Å². The summed E-state index contributed by atoms with van der Waals surface area (Å²) in [4.78, 5) is 36.5. The molecule has 0 aromatic rings.